The largest absolute Gasteiger partial charge is 0.344 e. The Hall–Kier alpha value is -2.60. The maximum atomic E-state index is 13.0. The molecule has 29 heavy (non-hydrogen) atoms. The molecular weight excluding hydrogens is 380 g/mol. The number of aryl methyl sites for hydroxylation is 1. The van der Waals surface area contributed by atoms with Gasteiger partial charge >= 0.3 is 0 Å². The number of rotatable bonds is 9. The Balaban J connectivity index is 1.48. The Labute approximate surface area is 175 Å². The van der Waals surface area contributed by atoms with E-state index in [0.717, 1.165) is 34.5 Å². The lowest BCUT2D eigenvalue weighted by molar-refractivity contribution is 0.102. The Morgan fingerprint density at radius 2 is 1.97 bits per heavy atom. The van der Waals surface area contributed by atoms with Crippen molar-refractivity contribution in [1.82, 2.24) is 19.3 Å². The van der Waals surface area contributed by atoms with E-state index in [2.05, 4.69) is 45.0 Å². The second kappa shape index (κ2) is 8.41. The van der Waals surface area contributed by atoms with Gasteiger partial charge in [-0.3, -0.25) is 4.79 Å². The van der Waals surface area contributed by atoms with Gasteiger partial charge in [-0.1, -0.05) is 48.2 Å². The highest BCUT2D eigenvalue weighted by molar-refractivity contribution is 7.99. The molecule has 1 aromatic carbocycles. The minimum absolute atomic E-state index is 0.128. The van der Waals surface area contributed by atoms with Gasteiger partial charge in [0.15, 0.2) is 10.9 Å². The number of carbonyl (C=O) groups is 1. The van der Waals surface area contributed by atoms with Crippen LogP contribution in [0.1, 0.15) is 51.9 Å². The number of allylic oxidation sites excluding steroid dienone is 1. The number of Topliss-reactive ketones (excluding diaryl/α,β-unsaturated/α-hetero) is 1. The summed E-state index contributed by atoms with van der Waals surface area (Å²) in [4.78, 5) is 13.0. The van der Waals surface area contributed by atoms with Crippen LogP contribution in [0.2, 0.25) is 0 Å². The quantitative estimate of drug-likeness (QED) is 0.291. The van der Waals surface area contributed by atoms with Crippen molar-refractivity contribution in [3.05, 3.63) is 77.4 Å². The van der Waals surface area contributed by atoms with Crippen LogP contribution in [0.4, 0.5) is 0 Å². The molecule has 1 saturated carbocycles. The highest BCUT2D eigenvalue weighted by Gasteiger charge is 2.30. The molecule has 150 valence electrons. The number of nitrogens with zero attached hydrogens (tertiary/aromatic N) is 4. The summed E-state index contributed by atoms with van der Waals surface area (Å²) in [7, 11) is 0. The van der Waals surface area contributed by atoms with E-state index < -0.39 is 0 Å². The topological polar surface area (TPSA) is 52.7 Å². The third-order valence-electron chi connectivity index (χ3n) is 5.39. The fourth-order valence-corrected chi connectivity index (χ4v) is 4.49. The van der Waals surface area contributed by atoms with Gasteiger partial charge in [-0.05, 0) is 38.3 Å². The van der Waals surface area contributed by atoms with Crippen molar-refractivity contribution in [1.29, 1.82) is 0 Å². The van der Waals surface area contributed by atoms with E-state index in [1.165, 1.54) is 30.2 Å². The second-order valence-corrected chi connectivity index (χ2v) is 8.53. The van der Waals surface area contributed by atoms with Crippen molar-refractivity contribution in [2.75, 3.05) is 5.75 Å². The fourth-order valence-electron chi connectivity index (χ4n) is 3.65. The molecule has 0 atom stereocenters. The number of aromatic nitrogens is 4. The van der Waals surface area contributed by atoms with Crippen LogP contribution in [0.5, 0.6) is 0 Å². The van der Waals surface area contributed by atoms with Crippen LogP contribution in [0.15, 0.2) is 54.2 Å². The zero-order valence-corrected chi connectivity index (χ0v) is 17.8. The summed E-state index contributed by atoms with van der Waals surface area (Å²) in [5.41, 5.74) is 4.14. The lowest BCUT2D eigenvalue weighted by Gasteiger charge is -2.10. The van der Waals surface area contributed by atoms with Crippen molar-refractivity contribution in [2.24, 2.45) is 0 Å². The van der Waals surface area contributed by atoms with Crippen LogP contribution in [-0.2, 0) is 13.1 Å². The standard InChI is InChI=1S/C23H26N4OS/c1-4-12-26-22(19-10-11-19)24-25-23(26)29-15-21(28)20-13-16(2)27(17(20)3)14-18-8-6-5-7-9-18/h4-9,13,19H,1,10-12,14-15H2,2-3H3. The molecule has 1 fully saturated rings. The molecule has 0 amide bonds. The van der Waals surface area contributed by atoms with E-state index in [-0.39, 0.29) is 5.78 Å². The highest BCUT2D eigenvalue weighted by atomic mass is 32.2. The average molecular weight is 407 g/mol. The van der Waals surface area contributed by atoms with Gasteiger partial charge < -0.3 is 9.13 Å². The third-order valence-corrected chi connectivity index (χ3v) is 6.36. The van der Waals surface area contributed by atoms with Gasteiger partial charge in [0.2, 0.25) is 0 Å². The van der Waals surface area contributed by atoms with Gasteiger partial charge in [0.25, 0.3) is 0 Å². The summed E-state index contributed by atoms with van der Waals surface area (Å²) < 4.78 is 4.31. The van der Waals surface area contributed by atoms with Crippen molar-refractivity contribution in [3.63, 3.8) is 0 Å². The van der Waals surface area contributed by atoms with Gasteiger partial charge in [-0.15, -0.1) is 16.8 Å². The van der Waals surface area contributed by atoms with Gasteiger partial charge in [-0.2, -0.15) is 0 Å². The molecule has 0 bridgehead atoms. The Morgan fingerprint density at radius 3 is 2.66 bits per heavy atom. The van der Waals surface area contributed by atoms with Crippen LogP contribution >= 0.6 is 11.8 Å². The van der Waals surface area contributed by atoms with E-state index in [0.29, 0.717) is 18.2 Å². The van der Waals surface area contributed by atoms with E-state index >= 15 is 0 Å². The number of hydrogen-bond donors (Lipinski definition) is 0. The van der Waals surface area contributed by atoms with Crippen LogP contribution in [0.3, 0.4) is 0 Å². The Bertz CT molecular complexity index is 1030. The van der Waals surface area contributed by atoms with Gasteiger partial charge in [-0.25, -0.2) is 0 Å². The Morgan fingerprint density at radius 1 is 1.21 bits per heavy atom. The van der Waals surface area contributed by atoms with E-state index in [1.807, 2.05) is 37.3 Å². The minimum atomic E-state index is 0.128. The number of carbonyl (C=O) groups excluding carboxylic acids is 1. The van der Waals surface area contributed by atoms with Gasteiger partial charge in [0, 0.05) is 36.0 Å². The first kappa shape index (κ1) is 19.7. The zero-order chi connectivity index (χ0) is 20.4. The molecule has 0 spiro atoms. The summed E-state index contributed by atoms with van der Waals surface area (Å²) in [6.45, 7) is 9.39. The molecule has 0 radical (unpaired) electrons. The molecule has 0 aliphatic heterocycles. The van der Waals surface area contributed by atoms with Crippen molar-refractivity contribution in [3.8, 4) is 0 Å². The fraction of sp³-hybridized carbons (Fsp3) is 0.348. The summed E-state index contributed by atoms with van der Waals surface area (Å²) in [6, 6.07) is 12.3. The molecule has 0 N–H and O–H groups in total. The van der Waals surface area contributed by atoms with Crippen LogP contribution in [0, 0.1) is 13.8 Å². The normalized spacial score (nSPS) is 13.6. The maximum Gasteiger partial charge on any atom is 0.191 e. The summed E-state index contributed by atoms with van der Waals surface area (Å²) in [5.74, 6) is 2.03. The first-order valence-electron chi connectivity index (χ1n) is 9.99. The monoisotopic (exact) mass is 406 g/mol. The molecule has 0 saturated heterocycles. The molecule has 3 aromatic rings. The Kier molecular flexibility index (Phi) is 5.72. The van der Waals surface area contributed by atoms with Crippen LogP contribution < -0.4 is 0 Å². The molecule has 4 rings (SSSR count). The first-order valence-corrected chi connectivity index (χ1v) is 11.0. The van der Waals surface area contributed by atoms with Crippen molar-refractivity contribution < 1.29 is 4.79 Å². The first-order chi connectivity index (χ1) is 14.1. The van der Waals surface area contributed by atoms with E-state index in [4.69, 9.17) is 0 Å². The summed E-state index contributed by atoms with van der Waals surface area (Å²) >= 11 is 1.47. The molecule has 2 aromatic heterocycles. The molecule has 2 heterocycles. The number of hydrogen-bond acceptors (Lipinski definition) is 4. The van der Waals surface area contributed by atoms with Gasteiger partial charge in [0.05, 0.1) is 5.75 Å². The molecule has 1 aliphatic rings. The van der Waals surface area contributed by atoms with Crippen LogP contribution in [-0.4, -0.2) is 30.9 Å². The summed E-state index contributed by atoms with van der Waals surface area (Å²) in [5, 5.41) is 9.50. The predicted octanol–water partition coefficient (Wildman–Crippen LogP) is 4.78. The molecule has 6 heteroatoms. The smallest absolute Gasteiger partial charge is 0.191 e. The van der Waals surface area contributed by atoms with E-state index in [9.17, 15) is 4.79 Å². The SMILES string of the molecule is C=CCn1c(SCC(=O)c2cc(C)n(Cc3ccccc3)c2C)nnc1C1CC1. The minimum Gasteiger partial charge on any atom is -0.344 e. The van der Waals surface area contributed by atoms with Crippen molar-refractivity contribution >= 4 is 17.5 Å². The van der Waals surface area contributed by atoms with Crippen molar-refractivity contribution in [2.45, 2.75) is 50.9 Å². The molecule has 5 nitrogen and oxygen atoms in total. The lowest BCUT2D eigenvalue weighted by Crippen LogP contribution is -2.08. The third kappa shape index (κ3) is 4.22. The zero-order valence-electron chi connectivity index (χ0n) is 17.0. The predicted molar refractivity (Wildman–Crippen MR) is 117 cm³/mol. The second-order valence-electron chi connectivity index (χ2n) is 7.58. The molecule has 1 aliphatic carbocycles. The lowest BCUT2D eigenvalue weighted by atomic mass is 10.2. The highest BCUT2D eigenvalue weighted by Crippen LogP contribution is 2.40. The van der Waals surface area contributed by atoms with Gasteiger partial charge in [0.1, 0.15) is 5.82 Å². The summed E-state index contributed by atoms with van der Waals surface area (Å²) in [6.07, 6.45) is 4.21. The van der Waals surface area contributed by atoms with E-state index in [1.54, 1.807) is 0 Å². The number of thioether (sulfide) groups is 1. The molecular formula is C23H26N4OS. The van der Waals surface area contributed by atoms with Crippen LogP contribution in [0.25, 0.3) is 0 Å². The number of benzene rings is 1. The number of ketones is 1. The molecule has 0 unspecified atom stereocenters. The maximum absolute atomic E-state index is 13.0. The average Bonchev–Trinajstić information content (AvgIpc) is 3.44.